The summed E-state index contributed by atoms with van der Waals surface area (Å²) in [4.78, 5) is 31.4. The van der Waals surface area contributed by atoms with Crippen LogP contribution in [-0.4, -0.2) is 51.5 Å². The van der Waals surface area contributed by atoms with Gasteiger partial charge in [0.15, 0.2) is 0 Å². The van der Waals surface area contributed by atoms with Gasteiger partial charge in [-0.05, 0) is 69.5 Å². The molecule has 0 spiro atoms. The van der Waals surface area contributed by atoms with E-state index in [-0.39, 0.29) is 18.4 Å². The fraction of sp³-hybridized carbons (Fsp3) is 0.423. The normalized spacial score (nSPS) is 15.0. The predicted octanol–water partition coefficient (Wildman–Crippen LogP) is 5.71. The minimum atomic E-state index is -4.85. The molecule has 38 heavy (non-hydrogen) atoms. The summed E-state index contributed by atoms with van der Waals surface area (Å²) in [7, 11) is 0. The van der Waals surface area contributed by atoms with Crippen molar-refractivity contribution in [3.8, 4) is 5.75 Å². The lowest BCUT2D eigenvalue weighted by molar-refractivity contribution is -0.274. The second kappa shape index (κ2) is 10.5. The third-order valence-corrected chi connectivity index (χ3v) is 5.94. The molecule has 0 bridgehead atoms. The molecule has 1 aliphatic heterocycles. The number of aromatic nitrogens is 2. The van der Waals surface area contributed by atoms with Crippen LogP contribution in [0.4, 0.5) is 28.3 Å². The van der Waals surface area contributed by atoms with Crippen LogP contribution in [0.25, 0.3) is 11.0 Å². The number of carbonyl (C=O) groups excluding carboxylic acids is 2. The first kappa shape index (κ1) is 27.2. The molecule has 204 valence electrons. The van der Waals surface area contributed by atoms with E-state index >= 15 is 0 Å². The summed E-state index contributed by atoms with van der Waals surface area (Å²) in [6, 6.07) is 9.33. The molecule has 2 aromatic carbocycles. The van der Waals surface area contributed by atoms with Gasteiger partial charge in [-0.1, -0.05) is 12.1 Å². The number of carbonyl (C=O) groups is 2. The van der Waals surface area contributed by atoms with Crippen LogP contribution < -0.4 is 10.1 Å². The maximum Gasteiger partial charge on any atom is 0.573 e. The molecule has 1 saturated heterocycles. The molecule has 0 radical (unpaired) electrons. The summed E-state index contributed by atoms with van der Waals surface area (Å²) >= 11 is 0. The number of imidazole rings is 1. The number of halogens is 4. The third kappa shape index (κ3) is 6.93. The van der Waals surface area contributed by atoms with E-state index in [1.165, 1.54) is 41.0 Å². The van der Waals surface area contributed by atoms with Crippen molar-refractivity contribution in [1.29, 1.82) is 0 Å². The molecule has 2 amide bonds. The molecule has 2 heterocycles. The Morgan fingerprint density at radius 1 is 1.08 bits per heavy atom. The zero-order valence-electron chi connectivity index (χ0n) is 21.1. The number of nitrogens with one attached hydrogen (secondary N) is 1. The molecule has 8 nitrogen and oxygen atoms in total. The van der Waals surface area contributed by atoms with E-state index in [4.69, 9.17) is 4.74 Å². The van der Waals surface area contributed by atoms with Gasteiger partial charge < -0.3 is 18.9 Å². The first-order valence-electron chi connectivity index (χ1n) is 12.1. The number of likely N-dealkylation sites (tertiary alicyclic amines) is 1. The van der Waals surface area contributed by atoms with Gasteiger partial charge in [-0.2, -0.15) is 0 Å². The van der Waals surface area contributed by atoms with Crippen molar-refractivity contribution < 1.29 is 36.6 Å². The van der Waals surface area contributed by atoms with Crippen LogP contribution in [-0.2, 0) is 16.1 Å². The van der Waals surface area contributed by atoms with Crippen molar-refractivity contribution in [2.75, 3.05) is 18.4 Å². The van der Waals surface area contributed by atoms with Gasteiger partial charge in [-0.3, -0.25) is 10.1 Å². The van der Waals surface area contributed by atoms with Gasteiger partial charge in [0.25, 0.3) is 0 Å². The lowest BCUT2D eigenvalue weighted by Gasteiger charge is -2.32. The standard InChI is InChI=1S/C26H28F4N4O4/c1-25(2,3)38-24(36)33-11-9-17(10-12-33)22(35)32-23-31-20-8-7-18(27)14-21(20)34(23)15-16-5-4-6-19(13-16)37-26(28,29)30/h4-8,13-14,17H,9-12,15H2,1-3H3,(H,31,32,35). The van der Waals surface area contributed by atoms with Crippen LogP contribution in [0, 0.1) is 11.7 Å². The number of hydrogen-bond acceptors (Lipinski definition) is 5. The van der Waals surface area contributed by atoms with Gasteiger partial charge in [0.1, 0.15) is 17.2 Å². The molecule has 0 atom stereocenters. The molecule has 0 unspecified atom stereocenters. The van der Waals surface area contributed by atoms with Crippen molar-refractivity contribution in [1.82, 2.24) is 14.5 Å². The Labute approximate surface area is 216 Å². The quantitative estimate of drug-likeness (QED) is 0.423. The maximum absolute atomic E-state index is 14.1. The average molecular weight is 537 g/mol. The summed E-state index contributed by atoms with van der Waals surface area (Å²) in [5.41, 5.74) is 0.574. The van der Waals surface area contributed by atoms with Crippen LogP contribution >= 0.6 is 0 Å². The van der Waals surface area contributed by atoms with Gasteiger partial charge in [-0.15, -0.1) is 13.2 Å². The number of nitrogens with zero attached hydrogens (tertiary/aromatic N) is 3. The number of amides is 2. The van der Waals surface area contributed by atoms with Gasteiger partial charge in [0, 0.05) is 19.0 Å². The second-order valence-corrected chi connectivity index (χ2v) is 10.1. The topological polar surface area (TPSA) is 85.7 Å². The van der Waals surface area contributed by atoms with Crippen molar-refractivity contribution >= 4 is 29.0 Å². The molecular weight excluding hydrogens is 508 g/mol. The van der Waals surface area contributed by atoms with Gasteiger partial charge in [0.2, 0.25) is 11.9 Å². The van der Waals surface area contributed by atoms with Crippen molar-refractivity contribution in [3.05, 3.63) is 53.8 Å². The molecule has 1 N–H and O–H groups in total. The average Bonchev–Trinajstić information content (AvgIpc) is 3.13. The number of alkyl halides is 3. The Morgan fingerprint density at radius 2 is 1.79 bits per heavy atom. The molecule has 1 aromatic heterocycles. The first-order valence-corrected chi connectivity index (χ1v) is 12.1. The van der Waals surface area contributed by atoms with Crippen LogP contribution in [0.3, 0.4) is 0 Å². The smallest absolute Gasteiger partial charge is 0.444 e. The number of benzene rings is 2. The summed E-state index contributed by atoms with van der Waals surface area (Å²) in [5, 5.41) is 2.79. The molecule has 1 aliphatic rings. The second-order valence-electron chi connectivity index (χ2n) is 10.1. The number of ether oxygens (including phenoxy) is 2. The van der Waals surface area contributed by atoms with Crippen LogP contribution in [0.15, 0.2) is 42.5 Å². The Hall–Kier alpha value is -3.83. The number of fused-ring (bicyclic) bond motifs is 1. The maximum atomic E-state index is 14.1. The number of anilines is 1. The highest BCUT2D eigenvalue weighted by molar-refractivity contribution is 5.93. The van der Waals surface area contributed by atoms with E-state index in [9.17, 15) is 27.2 Å². The molecule has 0 saturated carbocycles. The summed E-state index contributed by atoms with van der Waals surface area (Å²) in [5.74, 6) is -1.51. The number of hydrogen-bond donors (Lipinski definition) is 1. The summed E-state index contributed by atoms with van der Waals surface area (Å²) < 4.78 is 63.0. The van der Waals surface area contributed by atoms with Crippen LogP contribution in [0.5, 0.6) is 5.75 Å². The van der Waals surface area contributed by atoms with E-state index in [1.807, 2.05) is 0 Å². The SMILES string of the molecule is CC(C)(C)OC(=O)N1CCC(C(=O)Nc2nc3ccc(F)cc3n2Cc2cccc(OC(F)(F)F)c2)CC1. The van der Waals surface area contributed by atoms with E-state index in [1.54, 1.807) is 31.7 Å². The van der Waals surface area contributed by atoms with E-state index in [0.717, 1.165) is 0 Å². The minimum absolute atomic E-state index is 0.00170. The van der Waals surface area contributed by atoms with Gasteiger partial charge in [-0.25, -0.2) is 14.2 Å². The summed E-state index contributed by atoms with van der Waals surface area (Å²) in [6.07, 6.45) is -4.45. The van der Waals surface area contributed by atoms with Crippen LogP contribution in [0.1, 0.15) is 39.2 Å². The Balaban J connectivity index is 1.51. The number of piperidine rings is 1. The van der Waals surface area contributed by atoms with Crippen molar-refractivity contribution in [3.63, 3.8) is 0 Å². The highest BCUT2D eigenvalue weighted by Gasteiger charge is 2.32. The zero-order valence-corrected chi connectivity index (χ0v) is 21.1. The largest absolute Gasteiger partial charge is 0.573 e. The Morgan fingerprint density at radius 3 is 2.45 bits per heavy atom. The first-order chi connectivity index (χ1) is 17.8. The third-order valence-electron chi connectivity index (χ3n) is 5.94. The fourth-order valence-corrected chi connectivity index (χ4v) is 4.24. The monoisotopic (exact) mass is 536 g/mol. The fourth-order valence-electron chi connectivity index (χ4n) is 4.24. The molecule has 0 aliphatic carbocycles. The van der Waals surface area contributed by atoms with E-state index < -0.39 is 35.5 Å². The number of rotatable bonds is 5. The van der Waals surface area contributed by atoms with E-state index in [2.05, 4.69) is 15.0 Å². The molecule has 3 aromatic rings. The highest BCUT2D eigenvalue weighted by Crippen LogP contribution is 2.27. The lowest BCUT2D eigenvalue weighted by atomic mass is 9.96. The molecule has 1 fully saturated rings. The lowest BCUT2D eigenvalue weighted by Crippen LogP contribution is -2.43. The molecular formula is C26H28F4N4O4. The highest BCUT2D eigenvalue weighted by atomic mass is 19.4. The summed E-state index contributed by atoms with van der Waals surface area (Å²) in [6.45, 7) is 6.04. The van der Waals surface area contributed by atoms with Crippen LogP contribution in [0.2, 0.25) is 0 Å². The molecule has 12 heteroatoms. The van der Waals surface area contributed by atoms with Gasteiger partial charge in [0.05, 0.1) is 17.6 Å². The predicted molar refractivity (Wildman–Crippen MR) is 131 cm³/mol. The van der Waals surface area contributed by atoms with Crippen molar-refractivity contribution in [2.24, 2.45) is 5.92 Å². The van der Waals surface area contributed by atoms with Crippen molar-refractivity contribution in [2.45, 2.75) is 52.1 Å². The zero-order chi connectivity index (χ0) is 27.7. The Bertz CT molecular complexity index is 1330. The Kier molecular flexibility index (Phi) is 7.52. The minimum Gasteiger partial charge on any atom is -0.444 e. The van der Waals surface area contributed by atoms with Gasteiger partial charge >= 0.3 is 12.5 Å². The molecule has 4 rings (SSSR count). The van der Waals surface area contributed by atoms with E-state index in [0.29, 0.717) is 42.5 Å².